The van der Waals surface area contributed by atoms with Crippen LogP contribution in [-0.2, 0) is 7.05 Å². The van der Waals surface area contributed by atoms with Crippen LogP contribution >= 0.6 is 0 Å². The van der Waals surface area contributed by atoms with Crippen molar-refractivity contribution in [3.8, 4) is 11.5 Å². The number of aromatic nitrogens is 1. The van der Waals surface area contributed by atoms with Crippen molar-refractivity contribution in [1.29, 1.82) is 0 Å². The van der Waals surface area contributed by atoms with Crippen molar-refractivity contribution >= 4 is 5.91 Å². The monoisotopic (exact) mass is 302 g/mol. The van der Waals surface area contributed by atoms with Gasteiger partial charge in [0, 0.05) is 31.0 Å². The third-order valence-electron chi connectivity index (χ3n) is 3.66. The van der Waals surface area contributed by atoms with E-state index in [2.05, 4.69) is 5.32 Å². The standard InChI is InChI=1S/C16H18N2O4/c1-18-8-2-3-12(18)13(19)6-7-17-16(20)11-4-5-14-15(9-11)22-10-21-14/h2-5,8-9,13,19H,6-7,10H2,1H3,(H,17,20). The summed E-state index contributed by atoms with van der Waals surface area (Å²) in [5.41, 5.74) is 1.34. The average molecular weight is 302 g/mol. The largest absolute Gasteiger partial charge is 0.454 e. The predicted octanol–water partition coefficient (Wildman–Crippen LogP) is 1.61. The summed E-state index contributed by atoms with van der Waals surface area (Å²) in [6.45, 7) is 0.572. The Bertz CT molecular complexity index is 681. The highest BCUT2D eigenvalue weighted by Crippen LogP contribution is 2.32. The minimum absolute atomic E-state index is 0.184. The van der Waals surface area contributed by atoms with E-state index in [1.165, 1.54) is 0 Å². The van der Waals surface area contributed by atoms with Crippen molar-refractivity contribution in [1.82, 2.24) is 9.88 Å². The van der Waals surface area contributed by atoms with E-state index in [1.54, 1.807) is 18.2 Å². The van der Waals surface area contributed by atoms with Gasteiger partial charge >= 0.3 is 0 Å². The van der Waals surface area contributed by atoms with Gasteiger partial charge in [-0.2, -0.15) is 0 Å². The molecule has 1 aliphatic rings. The normalized spacial score (nSPS) is 13.9. The van der Waals surface area contributed by atoms with Crippen molar-refractivity contribution in [2.75, 3.05) is 13.3 Å². The number of fused-ring (bicyclic) bond motifs is 1. The second-order valence-electron chi connectivity index (χ2n) is 5.17. The van der Waals surface area contributed by atoms with Gasteiger partial charge in [-0.25, -0.2) is 0 Å². The third-order valence-corrected chi connectivity index (χ3v) is 3.66. The second-order valence-corrected chi connectivity index (χ2v) is 5.17. The summed E-state index contributed by atoms with van der Waals surface area (Å²) in [6.07, 6.45) is 1.73. The highest BCUT2D eigenvalue weighted by molar-refractivity contribution is 5.94. The Morgan fingerprint density at radius 3 is 2.95 bits per heavy atom. The summed E-state index contributed by atoms with van der Waals surface area (Å²) in [7, 11) is 1.88. The first-order valence-electron chi connectivity index (χ1n) is 7.12. The number of amides is 1. The Hall–Kier alpha value is -2.47. The maximum atomic E-state index is 12.1. The van der Waals surface area contributed by atoms with Crippen LogP contribution in [0.25, 0.3) is 0 Å². The van der Waals surface area contributed by atoms with E-state index in [0.717, 1.165) is 5.69 Å². The molecule has 116 valence electrons. The molecule has 0 saturated heterocycles. The Kier molecular flexibility index (Phi) is 4.02. The van der Waals surface area contributed by atoms with Crippen LogP contribution in [0.15, 0.2) is 36.5 Å². The van der Waals surface area contributed by atoms with Crippen molar-refractivity contribution in [3.63, 3.8) is 0 Å². The maximum Gasteiger partial charge on any atom is 0.251 e. The Balaban J connectivity index is 1.53. The number of rotatable bonds is 5. The molecule has 3 rings (SSSR count). The summed E-state index contributed by atoms with van der Waals surface area (Å²) >= 11 is 0. The van der Waals surface area contributed by atoms with Gasteiger partial charge < -0.3 is 24.5 Å². The molecule has 2 N–H and O–H groups in total. The van der Waals surface area contributed by atoms with Gasteiger partial charge in [0.15, 0.2) is 11.5 Å². The third kappa shape index (κ3) is 2.92. The molecule has 6 nitrogen and oxygen atoms in total. The lowest BCUT2D eigenvalue weighted by Crippen LogP contribution is -2.25. The first-order valence-corrected chi connectivity index (χ1v) is 7.12. The van der Waals surface area contributed by atoms with E-state index in [1.807, 2.05) is 29.9 Å². The number of benzene rings is 1. The summed E-state index contributed by atoms with van der Waals surface area (Å²) in [5, 5.41) is 12.9. The van der Waals surface area contributed by atoms with E-state index in [9.17, 15) is 9.90 Å². The Morgan fingerprint density at radius 2 is 2.18 bits per heavy atom. The lowest BCUT2D eigenvalue weighted by molar-refractivity contribution is 0.0941. The molecule has 1 unspecified atom stereocenters. The van der Waals surface area contributed by atoms with Crippen molar-refractivity contribution < 1.29 is 19.4 Å². The fourth-order valence-electron chi connectivity index (χ4n) is 2.43. The maximum absolute atomic E-state index is 12.1. The zero-order valence-electron chi connectivity index (χ0n) is 12.3. The van der Waals surface area contributed by atoms with Gasteiger partial charge in [0.25, 0.3) is 5.91 Å². The number of carbonyl (C=O) groups is 1. The molecule has 0 aliphatic carbocycles. The lowest BCUT2D eigenvalue weighted by Gasteiger charge is -2.12. The first kappa shape index (κ1) is 14.5. The number of aliphatic hydroxyl groups excluding tert-OH is 1. The number of aryl methyl sites for hydroxylation is 1. The zero-order valence-corrected chi connectivity index (χ0v) is 12.3. The first-order chi connectivity index (χ1) is 10.6. The van der Waals surface area contributed by atoms with Crippen molar-refractivity contribution in [3.05, 3.63) is 47.8 Å². The van der Waals surface area contributed by atoms with Crippen LogP contribution in [0.1, 0.15) is 28.6 Å². The van der Waals surface area contributed by atoms with E-state index >= 15 is 0 Å². The number of hydrogen-bond acceptors (Lipinski definition) is 4. The molecule has 0 bridgehead atoms. The molecule has 22 heavy (non-hydrogen) atoms. The zero-order chi connectivity index (χ0) is 15.5. The number of nitrogens with one attached hydrogen (secondary N) is 1. The van der Waals surface area contributed by atoms with Crippen molar-refractivity contribution in [2.45, 2.75) is 12.5 Å². The molecular weight excluding hydrogens is 284 g/mol. The minimum atomic E-state index is -0.600. The molecule has 6 heteroatoms. The SMILES string of the molecule is Cn1cccc1C(O)CCNC(=O)c1ccc2c(c1)OCO2. The van der Waals surface area contributed by atoms with Gasteiger partial charge in [-0.1, -0.05) is 0 Å². The molecule has 0 radical (unpaired) electrons. The molecule has 0 spiro atoms. The lowest BCUT2D eigenvalue weighted by atomic mass is 10.1. The smallest absolute Gasteiger partial charge is 0.251 e. The molecule has 1 aromatic heterocycles. The minimum Gasteiger partial charge on any atom is -0.454 e. The number of hydrogen-bond donors (Lipinski definition) is 2. The van der Waals surface area contributed by atoms with Gasteiger partial charge in [0.2, 0.25) is 6.79 Å². The summed E-state index contributed by atoms with van der Waals surface area (Å²) in [6, 6.07) is 8.81. The van der Waals surface area contributed by atoms with Crippen LogP contribution in [-0.4, -0.2) is 28.9 Å². The molecule has 0 fully saturated rings. The highest BCUT2D eigenvalue weighted by Gasteiger charge is 2.16. The van der Waals surface area contributed by atoms with Crippen LogP contribution in [0, 0.1) is 0 Å². The van der Waals surface area contributed by atoms with Crippen LogP contribution in [0.5, 0.6) is 11.5 Å². The summed E-state index contributed by atoms with van der Waals surface area (Å²) < 4.78 is 12.3. The molecule has 2 aromatic rings. The van der Waals surface area contributed by atoms with Crippen LogP contribution in [0.2, 0.25) is 0 Å². The van der Waals surface area contributed by atoms with Gasteiger partial charge in [0.05, 0.1) is 6.10 Å². The van der Waals surface area contributed by atoms with E-state index in [4.69, 9.17) is 9.47 Å². The number of aliphatic hydroxyl groups is 1. The van der Waals surface area contributed by atoms with Crippen LogP contribution < -0.4 is 14.8 Å². The summed E-state index contributed by atoms with van der Waals surface area (Å²) in [5.74, 6) is 1.03. The average Bonchev–Trinajstić information content (AvgIpc) is 3.14. The van der Waals surface area contributed by atoms with E-state index in [0.29, 0.717) is 30.0 Å². The van der Waals surface area contributed by atoms with E-state index in [-0.39, 0.29) is 12.7 Å². The van der Waals surface area contributed by atoms with E-state index < -0.39 is 6.10 Å². The van der Waals surface area contributed by atoms with Gasteiger partial charge in [-0.15, -0.1) is 0 Å². The van der Waals surface area contributed by atoms with Crippen LogP contribution in [0.4, 0.5) is 0 Å². The Morgan fingerprint density at radius 1 is 1.36 bits per heavy atom. The number of nitrogens with zero attached hydrogens (tertiary/aromatic N) is 1. The summed E-state index contributed by atoms with van der Waals surface area (Å²) in [4.78, 5) is 12.1. The van der Waals surface area contributed by atoms with Gasteiger partial charge in [-0.3, -0.25) is 4.79 Å². The molecule has 1 atom stereocenters. The molecular formula is C16H18N2O4. The molecule has 1 amide bonds. The Labute approximate surface area is 128 Å². The van der Waals surface area contributed by atoms with Crippen LogP contribution in [0.3, 0.4) is 0 Å². The van der Waals surface area contributed by atoms with Gasteiger partial charge in [-0.05, 0) is 36.8 Å². The topological polar surface area (TPSA) is 72.7 Å². The number of carbonyl (C=O) groups excluding carboxylic acids is 1. The fourth-order valence-corrected chi connectivity index (χ4v) is 2.43. The fraction of sp³-hybridized carbons (Fsp3) is 0.312. The second kappa shape index (κ2) is 6.11. The number of ether oxygens (including phenoxy) is 2. The van der Waals surface area contributed by atoms with Gasteiger partial charge in [0.1, 0.15) is 0 Å². The molecule has 0 saturated carbocycles. The van der Waals surface area contributed by atoms with Crippen molar-refractivity contribution in [2.24, 2.45) is 7.05 Å². The quantitative estimate of drug-likeness (QED) is 0.880. The molecule has 2 heterocycles. The molecule has 1 aliphatic heterocycles. The highest BCUT2D eigenvalue weighted by atomic mass is 16.7. The predicted molar refractivity (Wildman–Crippen MR) is 79.9 cm³/mol. The molecule has 1 aromatic carbocycles.